The lowest BCUT2D eigenvalue weighted by molar-refractivity contribution is -0.125. The fourth-order valence-electron chi connectivity index (χ4n) is 3.87. The lowest BCUT2D eigenvalue weighted by Gasteiger charge is -2.31. The molecule has 0 bridgehead atoms. The number of amides is 2. The summed E-state index contributed by atoms with van der Waals surface area (Å²) in [7, 11) is 0. The summed E-state index contributed by atoms with van der Waals surface area (Å²) in [5.41, 5.74) is 0.756. The van der Waals surface area contributed by atoms with Crippen LogP contribution in [0.15, 0.2) is 41.5 Å². The first-order valence-electron chi connectivity index (χ1n) is 10.8. The minimum absolute atomic E-state index is 0.0670. The van der Waals surface area contributed by atoms with Gasteiger partial charge in [0.1, 0.15) is 17.6 Å². The number of para-hydroxylation sites is 1. The summed E-state index contributed by atoms with van der Waals surface area (Å²) in [6.07, 6.45) is 5.26. The van der Waals surface area contributed by atoms with Gasteiger partial charge in [-0.15, -0.1) is 0 Å². The molecule has 2 amide bonds. The topological polar surface area (TPSA) is 109 Å². The standard InChI is InChI=1S/C22H24N6O3S/c29-17(24-15-6-2-1-3-7-15)12-28-13-23-19-18(21(28)31)32-22(26-19)27-10-4-5-14(11-27)20(30)25-16-8-9-16/h1-3,6-7,13-14,16H,4-5,8-12H2,(H,24,29)(H,25,30)/t14-/m0/s1. The van der Waals surface area contributed by atoms with Gasteiger partial charge in [0.15, 0.2) is 10.8 Å². The highest BCUT2D eigenvalue weighted by atomic mass is 32.1. The van der Waals surface area contributed by atoms with Crippen molar-refractivity contribution < 1.29 is 9.59 Å². The van der Waals surface area contributed by atoms with Crippen molar-refractivity contribution in [2.75, 3.05) is 23.3 Å². The van der Waals surface area contributed by atoms with Crippen LogP contribution in [-0.4, -0.2) is 45.5 Å². The average Bonchev–Trinajstić information content (AvgIpc) is 3.51. The molecule has 0 unspecified atom stereocenters. The second-order valence-electron chi connectivity index (χ2n) is 8.31. The zero-order valence-electron chi connectivity index (χ0n) is 17.5. The lowest BCUT2D eigenvalue weighted by Crippen LogP contribution is -2.43. The Morgan fingerprint density at radius 2 is 1.97 bits per heavy atom. The number of rotatable bonds is 6. The number of fused-ring (bicyclic) bond motifs is 1. The van der Waals surface area contributed by atoms with E-state index in [0.717, 1.165) is 32.2 Å². The second kappa shape index (κ2) is 8.70. The highest BCUT2D eigenvalue weighted by molar-refractivity contribution is 7.22. The molecule has 1 aromatic carbocycles. The van der Waals surface area contributed by atoms with Crippen molar-refractivity contribution >= 4 is 44.3 Å². The molecule has 2 N–H and O–H groups in total. The molecule has 1 saturated heterocycles. The molecule has 32 heavy (non-hydrogen) atoms. The molecular weight excluding hydrogens is 428 g/mol. The number of nitrogens with one attached hydrogen (secondary N) is 2. The van der Waals surface area contributed by atoms with Gasteiger partial charge in [0.25, 0.3) is 5.56 Å². The smallest absolute Gasteiger partial charge is 0.273 e. The molecule has 0 spiro atoms. The van der Waals surface area contributed by atoms with E-state index in [0.29, 0.717) is 33.8 Å². The number of thiazole rings is 1. The Morgan fingerprint density at radius 1 is 1.16 bits per heavy atom. The Bertz CT molecular complexity index is 1200. The van der Waals surface area contributed by atoms with E-state index < -0.39 is 0 Å². The van der Waals surface area contributed by atoms with E-state index in [9.17, 15) is 14.4 Å². The van der Waals surface area contributed by atoms with Crippen LogP contribution in [0.3, 0.4) is 0 Å². The number of hydrogen-bond donors (Lipinski definition) is 2. The maximum Gasteiger partial charge on any atom is 0.273 e. The summed E-state index contributed by atoms with van der Waals surface area (Å²) < 4.78 is 1.71. The molecule has 1 atom stereocenters. The van der Waals surface area contributed by atoms with Gasteiger partial charge >= 0.3 is 0 Å². The number of carbonyl (C=O) groups excluding carboxylic acids is 2. The molecule has 1 saturated carbocycles. The zero-order chi connectivity index (χ0) is 22.1. The molecule has 2 aliphatic rings. The first-order chi connectivity index (χ1) is 15.6. The lowest BCUT2D eigenvalue weighted by atomic mass is 9.97. The first-order valence-corrected chi connectivity index (χ1v) is 11.6. The Kier molecular flexibility index (Phi) is 5.60. The molecule has 0 radical (unpaired) electrons. The SMILES string of the molecule is O=C(Cn1cnc2nc(N3CCC[C@H](C(=O)NC4CC4)C3)sc2c1=O)Nc1ccccc1. The number of anilines is 2. The van der Waals surface area contributed by atoms with E-state index >= 15 is 0 Å². The number of nitrogens with zero attached hydrogens (tertiary/aromatic N) is 4. The summed E-state index contributed by atoms with van der Waals surface area (Å²) in [5.74, 6) is -0.254. The maximum absolute atomic E-state index is 12.9. The third kappa shape index (κ3) is 4.50. The highest BCUT2D eigenvalue weighted by Gasteiger charge is 2.31. The van der Waals surface area contributed by atoms with Crippen LogP contribution in [0.25, 0.3) is 10.3 Å². The Hall–Kier alpha value is -3.27. The second-order valence-corrected chi connectivity index (χ2v) is 9.29. The van der Waals surface area contributed by atoms with Crippen LogP contribution < -0.4 is 21.1 Å². The van der Waals surface area contributed by atoms with Crippen molar-refractivity contribution in [2.24, 2.45) is 5.92 Å². The summed E-state index contributed by atoms with van der Waals surface area (Å²) in [4.78, 5) is 48.7. The van der Waals surface area contributed by atoms with Crippen molar-refractivity contribution in [2.45, 2.75) is 38.3 Å². The third-order valence-electron chi connectivity index (χ3n) is 5.73. The van der Waals surface area contributed by atoms with Crippen LogP contribution >= 0.6 is 11.3 Å². The largest absolute Gasteiger partial charge is 0.353 e. The predicted molar refractivity (Wildman–Crippen MR) is 123 cm³/mol. The van der Waals surface area contributed by atoms with Crippen molar-refractivity contribution in [3.05, 3.63) is 47.0 Å². The van der Waals surface area contributed by atoms with E-state index in [1.165, 1.54) is 22.2 Å². The van der Waals surface area contributed by atoms with Gasteiger partial charge in [0.2, 0.25) is 11.8 Å². The van der Waals surface area contributed by atoms with Gasteiger partial charge in [0.05, 0.1) is 5.92 Å². The van der Waals surface area contributed by atoms with Crippen molar-refractivity contribution in [3.8, 4) is 0 Å². The minimum Gasteiger partial charge on any atom is -0.353 e. The fraction of sp³-hybridized carbons (Fsp3) is 0.409. The molecule has 9 nitrogen and oxygen atoms in total. The van der Waals surface area contributed by atoms with E-state index in [2.05, 4.69) is 25.5 Å². The number of hydrogen-bond acceptors (Lipinski definition) is 7. The van der Waals surface area contributed by atoms with Crippen molar-refractivity contribution in [1.29, 1.82) is 0 Å². The quantitative estimate of drug-likeness (QED) is 0.592. The van der Waals surface area contributed by atoms with Gasteiger partial charge in [0, 0.05) is 24.8 Å². The van der Waals surface area contributed by atoms with Gasteiger partial charge in [-0.25, -0.2) is 4.98 Å². The molecule has 1 aliphatic carbocycles. The van der Waals surface area contributed by atoms with Crippen LogP contribution in [0.2, 0.25) is 0 Å². The molecule has 5 rings (SSSR count). The highest BCUT2D eigenvalue weighted by Crippen LogP contribution is 2.30. The molecule has 2 aromatic heterocycles. The normalized spacial score (nSPS) is 18.5. The summed E-state index contributed by atoms with van der Waals surface area (Å²) in [5, 5.41) is 6.55. The van der Waals surface area contributed by atoms with Gasteiger partial charge < -0.3 is 15.5 Å². The number of carbonyl (C=O) groups is 2. The van der Waals surface area contributed by atoms with E-state index in [4.69, 9.17) is 0 Å². The van der Waals surface area contributed by atoms with Gasteiger partial charge in [-0.1, -0.05) is 29.5 Å². The van der Waals surface area contributed by atoms with Gasteiger partial charge in [-0.2, -0.15) is 4.98 Å². The van der Waals surface area contributed by atoms with E-state index in [1.54, 1.807) is 12.1 Å². The van der Waals surface area contributed by atoms with Crippen molar-refractivity contribution in [3.63, 3.8) is 0 Å². The van der Waals surface area contributed by atoms with Gasteiger partial charge in [-0.3, -0.25) is 19.0 Å². The van der Waals surface area contributed by atoms with E-state index in [-0.39, 0.29) is 29.8 Å². The molecule has 10 heteroatoms. The fourth-order valence-corrected chi connectivity index (χ4v) is 4.88. The van der Waals surface area contributed by atoms with Gasteiger partial charge in [-0.05, 0) is 37.8 Å². The average molecular weight is 453 g/mol. The number of aromatic nitrogens is 3. The molecule has 3 aromatic rings. The molecule has 2 fully saturated rings. The summed E-state index contributed by atoms with van der Waals surface area (Å²) in [6, 6.07) is 9.44. The van der Waals surface area contributed by atoms with Crippen LogP contribution in [-0.2, 0) is 16.1 Å². The van der Waals surface area contributed by atoms with E-state index in [1.807, 2.05) is 18.2 Å². The minimum atomic E-state index is -0.301. The molecule has 3 heterocycles. The molecule has 1 aliphatic heterocycles. The monoisotopic (exact) mass is 452 g/mol. The summed E-state index contributed by atoms with van der Waals surface area (Å²) in [6.45, 7) is 1.25. The van der Waals surface area contributed by atoms with Crippen LogP contribution in [0.4, 0.5) is 10.8 Å². The maximum atomic E-state index is 12.9. The molecule has 166 valence electrons. The van der Waals surface area contributed by atoms with Crippen LogP contribution in [0.5, 0.6) is 0 Å². The van der Waals surface area contributed by atoms with Crippen molar-refractivity contribution in [1.82, 2.24) is 19.9 Å². The third-order valence-corrected chi connectivity index (χ3v) is 6.82. The Morgan fingerprint density at radius 3 is 2.75 bits per heavy atom. The van der Waals surface area contributed by atoms with Crippen LogP contribution in [0.1, 0.15) is 25.7 Å². The summed E-state index contributed by atoms with van der Waals surface area (Å²) >= 11 is 1.27. The number of piperidine rings is 1. The Labute approximate surface area is 188 Å². The van der Waals surface area contributed by atoms with Crippen LogP contribution in [0, 0.1) is 5.92 Å². The first kappa shape index (κ1) is 20.6. The molecular formula is C22H24N6O3S. The number of benzene rings is 1. The predicted octanol–water partition coefficient (Wildman–Crippen LogP) is 1.99. The Balaban J connectivity index is 1.30. The zero-order valence-corrected chi connectivity index (χ0v) is 18.3.